The lowest BCUT2D eigenvalue weighted by atomic mass is 10.3. The van der Waals surface area contributed by atoms with Crippen LogP contribution in [0.4, 0.5) is 11.4 Å². The maximum absolute atomic E-state index is 12.3. The van der Waals surface area contributed by atoms with E-state index in [1.165, 1.54) is 36.4 Å². The third-order valence-electron chi connectivity index (χ3n) is 3.01. The molecule has 11 heteroatoms. The van der Waals surface area contributed by atoms with Crippen molar-refractivity contribution in [2.45, 2.75) is 13.8 Å². The maximum Gasteiger partial charge on any atom is 0.361 e. The molecule has 0 aliphatic heterocycles. The molecule has 0 bridgehead atoms. The molecule has 0 atom stereocenters. The Kier molecular flexibility index (Phi) is 9.50. The molecule has 0 heterocycles. The van der Waals surface area contributed by atoms with Crippen LogP contribution in [0.3, 0.4) is 0 Å². The predicted octanol–water partition coefficient (Wildman–Crippen LogP) is 4.69. The molecule has 0 spiro atoms. The largest absolute Gasteiger partial charge is 0.361 e. The first-order chi connectivity index (χ1) is 12.7. The van der Waals surface area contributed by atoms with Crippen LogP contribution in [0, 0.1) is 23.8 Å². The average molecular weight is 508 g/mol. The Balaban J connectivity index is 0.000000309. The van der Waals surface area contributed by atoms with Gasteiger partial charge in [0.15, 0.2) is 0 Å². The third-order valence-corrected chi connectivity index (χ3v) is 5.86. The van der Waals surface area contributed by atoms with Crippen molar-refractivity contribution in [2.24, 2.45) is 0 Å². The lowest BCUT2D eigenvalue weighted by Crippen LogP contribution is -2.10. The Hall–Kier alpha value is -1.88. The first kappa shape index (κ1) is 23.2. The molecule has 2 aromatic carbocycles. The molecule has 0 radical (unpaired) electrons. The van der Waals surface area contributed by atoms with Crippen LogP contribution in [0.15, 0.2) is 48.5 Å². The topological polar surface area (TPSA) is 122 Å². The van der Waals surface area contributed by atoms with Crippen LogP contribution in [0.1, 0.15) is 13.8 Å². The summed E-state index contributed by atoms with van der Waals surface area (Å²) in [5, 5.41) is 20.9. The second-order valence-corrected chi connectivity index (χ2v) is 8.11. The van der Waals surface area contributed by atoms with Crippen LogP contribution >= 0.6 is 30.2 Å². The Labute approximate surface area is 169 Å². The van der Waals surface area contributed by atoms with Crippen molar-refractivity contribution in [3.63, 3.8) is 0 Å². The molecular formula is C16H18IN2O7P. The number of non-ortho nitro benzene ring substituents is 2. The van der Waals surface area contributed by atoms with Crippen LogP contribution in [-0.2, 0) is 13.6 Å². The van der Waals surface area contributed by atoms with Crippen LogP contribution in [-0.4, -0.2) is 23.1 Å². The van der Waals surface area contributed by atoms with Crippen molar-refractivity contribution in [3.05, 3.63) is 72.3 Å². The van der Waals surface area contributed by atoms with Crippen LogP contribution in [0.5, 0.6) is 0 Å². The number of nitro benzene ring substituents is 2. The van der Waals surface area contributed by atoms with Gasteiger partial charge in [-0.15, -0.1) is 0 Å². The normalized spacial score (nSPS) is 10.6. The van der Waals surface area contributed by atoms with Crippen LogP contribution < -0.4 is 5.30 Å². The Morgan fingerprint density at radius 2 is 1.22 bits per heavy atom. The Morgan fingerprint density at radius 1 is 0.852 bits per heavy atom. The van der Waals surface area contributed by atoms with E-state index in [2.05, 4.69) is 22.6 Å². The monoisotopic (exact) mass is 508 g/mol. The molecule has 0 aliphatic carbocycles. The first-order valence-corrected chi connectivity index (χ1v) is 10.4. The van der Waals surface area contributed by atoms with Gasteiger partial charge in [-0.2, -0.15) is 0 Å². The van der Waals surface area contributed by atoms with Crippen molar-refractivity contribution in [1.29, 1.82) is 0 Å². The minimum Gasteiger partial charge on any atom is -0.305 e. The van der Waals surface area contributed by atoms with E-state index in [1.54, 1.807) is 26.0 Å². The molecule has 27 heavy (non-hydrogen) atoms. The molecule has 2 rings (SSSR count). The number of benzene rings is 2. The van der Waals surface area contributed by atoms with Crippen LogP contribution in [0.2, 0.25) is 0 Å². The van der Waals surface area contributed by atoms with Gasteiger partial charge >= 0.3 is 7.60 Å². The van der Waals surface area contributed by atoms with Gasteiger partial charge in [-0.1, -0.05) is 0 Å². The number of hydrogen-bond acceptors (Lipinski definition) is 7. The highest BCUT2D eigenvalue weighted by Crippen LogP contribution is 2.46. The molecular weight excluding hydrogens is 490 g/mol. The van der Waals surface area contributed by atoms with E-state index in [0.717, 1.165) is 3.57 Å². The molecule has 0 unspecified atom stereocenters. The zero-order chi connectivity index (χ0) is 20.4. The smallest absolute Gasteiger partial charge is 0.305 e. The van der Waals surface area contributed by atoms with Gasteiger partial charge in [0.05, 0.1) is 28.4 Å². The molecule has 2 aromatic rings. The van der Waals surface area contributed by atoms with E-state index in [1.807, 2.05) is 0 Å². The highest BCUT2D eigenvalue weighted by atomic mass is 127. The van der Waals surface area contributed by atoms with E-state index in [9.17, 15) is 24.8 Å². The molecule has 0 amide bonds. The van der Waals surface area contributed by atoms with Gasteiger partial charge in [0.2, 0.25) is 0 Å². The fraction of sp³-hybridized carbons (Fsp3) is 0.250. The standard InChI is InChI=1S/C10H14NO5P.C6H4INO2/c1-3-15-17(14,16-4-2)10-7-5-9(6-8-10)11(12)13;7-5-1-3-6(4-2-5)8(9)10/h5-8H,3-4H2,1-2H3;1-4H. The van der Waals surface area contributed by atoms with Gasteiger partial charge in [0.1, 0.15) is 0 Å². The zero-order valence-corrected chi connectivity index (χ0v) is 17.7. The summed E-state index contributed by atoms with van der Waals surface area (Å²) in [4.78, 5) is 19.7. The number of rotatable bonds is 7. The summed E-state index contributed by atoms with van der Waals surface area (Å²) in [7, 11) is -3.34. The average Bonchev–Trinajstić information content (AvgIpc) is 2.63. The lowest BCUT2D eigenvalue weighted by molar-refractivity contribution is -0.385. The van der Waals surface area contributed by atoms with Gasteiger partial charge in [-0.25, -0.2) is 0 Å². The number of nitrogens with zero attached hydrogens (tertiary/aromatic N) is 2. The second-order valence-electron chi connectivity index (χ2n) is 4.84. The third kappa shape index (κ3) is 7.33. The summed E-state index contributed by atoms with van der Waals surface area (Å²) in [6, 6.07) is 11.7. The maximum atomic E-state index is 12.3. The molecule has 0 N–H and O–H groups in total. The van der Waals surface area contributed by atoms with Gasteiger partial charge < -0.3 is 9.05 Å². The fourth-order valence-corrected chi connectivity index (χ4v) is 3.77. The van der Waals surface area contributed by atoms with E-state index in [4.69, 9.17) is 9.05 Å². The predicted molar refractivity (Wildman–Crippen MR) is 109 cm³/mol. The van der Waals surface area contributed by atoms with Crippen molar-refractivity contribution < 1.29 is 23.5 Å². The fourth-order valence-electron chi connectivity index (χ4n) is 1.85. The summed E-state index contributed by atoms with van der Waals surface area (Å²) in [5.41, 5.74) is 0.0775. The summed E-state index contributed by atoms with van der Waals surface area (Å²) < 4.78 is 23.5. The summed E-state index contributed by atoms with van der Waals surface area (Å²) in [6.45, 7) is 3.90. The number of nitro groups is 2. The lowest BCUT2D eigenvalue weighted by Gasteiger charge is -2.16. The highest BCUT2D eigenvalue weighted by molar-refractivity contribution is 14.1. The highest BCUT2D eigenvalue weighted by Gasteiger charge is 2.26. The molecule has 9 nitrogen and oxygen atoms in total. The van der Waals surface area contributed by atoms with Crippen LogP contribution in [0.25, 0.3) is 0 Å². The van der Waals surface area contributed by atoms with Gasteiger partial charge in [0.25, 0.3) is 11.4 Å². The summed E-state index contributed by atoms with van der Waals surface area (Å²) >= 11 is 2.10. The minimum atomic E-state index is -3.34. The Bertz CT molecular complexity index is 803. The summed E-state index contributed by atoms with van der Waals surface area (Å²) in [5.74, 6) is 0. The minimum absolute atomic E-state index is 0.0618. The zero-order valence-electron chi connectivity index (χ0n) is 14.6. The van der Waals surface area contributed by atoms with E-state index >= 15 is 0 Å². The molecule has 0 aromatic heterocycles. The van der Waals surface area contributed by atoms with Crippen molar-refractivity contribution >= 4 is 46.9 Å². The van der Waals surface area contributed by atoms with Crippen molar-refractivity contribution in [3.8, 4) is 0 Å². The molecule has 146 valence electrons. The number of hydrogen-bond donors (Lipinski definition) is 0. The van der Waals surface area contributed by atoms with E-state index in [0.29, 0.717) is 5.30 Å². The summed E-state index contributed by atoms with van der Waals surface area (Å²) in [6.07, 6.45) is 0. The van der Waals surface area contributed by atoms with Gasteiger partial charge in [-0.05, 0) is 60.7 Å². The molecule has 0 saturated heterocycles. The van der Waals surface area contributed by atoms with E-state index < -0.39 is 17.4 Å². The SMILES string of the molecule is CCOP(=O)(OCC)c1ccc([N+](=O)[O-])cc1.O=[N+]([O-])c1ccc(I)cc1. The molecule has 0 saturated carbocycles. The Morgan fingerprint density at radius 3 is 1.56 bits per heavy atom. The van der Waals surface area contributed by atoms with Gasteiger partial charge in [-0.3, -0.25) is 24.8 Å². The second kappa shape index (κ2) is 11.1. The van der Waals surface area contributed by atoms with E-state index in [-0.39, 0.29) is 24.6 Å². The number of halogens is 1. The molecule has 0 fully saturated rings. The first-order valence-electron chi connectivity index (χ1n) is 7.77. The van der Waals surface area contributed by atoms with Crippen molar-refractivity contribution in [2.75, 3.05) is 13.2 Å². The quantitative estimate of drug-likeness (QED) is 0.230. The van der Waals surface area contributed by atoms with Crippen molar-refractivity contribution in [1.82, 2.24) is 0 Å². The molecule has 0 aliphatic rings. The van der Waals surface area contributed by atoms with Gasteiger partial charge in [0, 0.05) is 27.8 Å².